The number of aromatic nitrogens is 1. The van der Waals surface area contributed by atoms with Crippen LogP contribution in [-0.4, -0.2) is 28.9 Å². The first-order valence-corrected chi connectivity index (χ1v) is 8.90. The summed E-state index contributed by atoms with van der Waals surface area (Å²) in [6.07, 6.45) is 2.20. The Morgan fingerprint density at radius 1 is 1.17 bits per heavy atom. The monoisotopic (exact) mass is 322 g/mol. The molecule has 0 saturated carbocycles. The second-order valence-electron chi connectivity index (χ2n) is 6.09. The van der Waals surface area contributed by atoms with Gasteiger partial charge in [-0.15, -0.1) is 0 Å². The number of benzene rings is 1. The minimum Gasteiger partial charge on any atom is -0.339 e. The lowest BCUT2D eigenvalue weighted by Gasteiger charge is -2.17. The highest BCUT2D eigenvalue weighted by atomic mass is 32.1. The Bertz CT molecular complexity index is 864. The first-order chi connectivity index (χ1) is 11.2. The SMILES string of the molecule is Cc1ccc2nc(-c3ccsc3)cc(C(=O)N3CCCC3)c2c1. The van der Waals surface area contributed by atoms with E-state index in [9.17, 15) is 4.79 Å². The minimum absolute atomic E-state index is 0.136. The van der Waals surface area contributed by atoms with E-state index in [0.29, 0.717) is 0 Å². The summed E-state index contributed by atoms with van der Waals surface area (Å²) in [5.41, 5.74) is 4.78. The molecule has 116 valence electrons. The highest BCUT2D eigenvalue weighted by Crippen LogP contribution is 2.28. The van der Waals surface area contributed by atoms with Gasteiger partial charge in [-0.05, 0) is 49.4 Å². The number of likely N-dealkylation sites (tertiary alicyclic amines) is 1. The molecule has 1 aliphatic heterocycles. The summed E-state index contributed by atoms with van der Waals surface area (Å²) in [6, 6.07) is 10.2. The Morgan fingerprint density at radius 3 is 2.74 bits per heavy atom. The summed E-state index contributed by atoms with van der Waals surface area (Å²) in [5.74, 6) is 0.136. The normalized spacial score (nSPS) is 14.6. The van der Waals surface area contributed by atoms with Crippen molar-refractivity contribution in [1.29, 1.82) is 0 Å². The van der Waals surface area contributed by atoms with Crippen molar-refractivity contribution in [2.75, 3.05) is 13.1 Å². The molecule has 3 nitrogen and oxygen atoms in total. The molecular weight excluding hydrogens is 304 g/mol. The van der Waals surface area contributed by atoms with Gasteiger partial charge in [-0.3, -0.25) is 4.79 Å². The largest absolute Gasteiger partial charge is 0.339 e. The third-order valence-corrected chi connectivity index (χ3v) is 5.09. The van der Waals surface area contributed by atoms with Gasteiger partial charge in [-0.25, -0.2) is 4.98 Å². The fourth-order valence-corrected chi connectivity index (χ4v) is 3.81. The third-order valence-electron chi connectivity index (χ3n) is 4.40. The first kappa shape index (κ1) is 14.4. The minimum atomic E-state index is 0.136. The van der Waals surface area contributed by atoms with E-state index in [4.69, 9.17) is 4.98 Å². The van der Waals surface area contributed by atoms with Gasteiger partial charge < -0.3 is 4.90 Å². The highest BCUT2D eigenvalue weighted by molar-refractivity contribution is 7.08. The van der Waals surface area contributed by atoms with Crippen LogP contribution in [0.2, 0.25) is 0 Å². The number of carbonyl (C=O) groups excluding carboxylic acids is 1. The van der Waals surface area contributed by atoms with E-state index in [0.717, 1.165) is 59.2 Å². The van der Waals surface area contributed by atoms with E-state index >= 15 is 0 Å². The van der Waals surface area contributed by atoms with Crippen molar-refractivity contribution < 1.29 is 4.79 Å². The Morgan fingerprint density at radius 2 is 2.00 bits per heavy atom. The van der Waals surface area contributed by atoms with Crippen LogP contribution in [0.3, 0.4) is 0 Å². The molecule has 1 fully saturated rings. The van der Waals surface area contributed by atoms with Crippen molar-refractivity contribution >= 4 is 28.1 Å². The quantitative estimate of drug-likeness (QED) is 0.695. The van der Waals surface area contributed by atoms with Crippen LogP contribution in [0.25, 0.3) is 22.2 Å². The Kier molecular flexibility index (Phi) is 3.62. The zero-order chi connectivity index (χ0) is 15.8. The molecule has 1 aromatic carbocycles. The maximum Gasteiger partial charge on any atom is 0.254 e. The van der Waals surface area contributed by atoms with Gasteiger partial charge in [0.15, 0.2) is 0 Å². The summed E-state index contributed by atoms with van der Waals surface area (Å²) in [5, 5.41) is 5.08. The predicted octanol–water partition coefficient (Wildman–Crippen LogP) is 4.51. The summed E-state index contributed by atoms with van der Waals surface area (Å²) >= 11 is 1.65. The van der Waals surface area contributed by atoms with Crippen molar-refractivity contribution in [3.05, 3.63) is 52.2 Å². The van der Waals surface area contributed by atoms with Crippen LogP contribution in [0.1, 0.15) is 28.8 Å². The van der Waals surface area contributed by atoms with Gasteiger partial charge >= 0.3 is 0 Å². The van der Waals surface area contributed by atoms with Crippen molar-refractivity contribution in [2.45, 2.75) is 19.8 Å². The summed E-state index contributed by atoms with van der Waals surface area (Å²) in [4.78, 5) is 19.7. The number of rotatable bonds is 2. The standard InChI is InChI=1S/C19H18N2OS/c1-13-4-5-17-15(10-13)16(19(22)21-7-2-3-8-21)11-18(20-17)14-6-9-23-12-14/h4-6,9-12H,2-3,7-8H2,1H3. The fraction of sp³-hybridized carbons (Fsp3) is 0.263. The van der Waals surface area contributed by atoms with Crippen molar-refractivity contribution in [2.24, 2.45) is 0 Å². The summed E-state index contributed by atoms with van der Waals surface area (Å²) in [7, 11) is 0. The Hall–Kier alpha value is -2.20. The molecule has 2 aromatic heterocycles. The number of carbonyl (C=O) groups is 1. The van der Waals surface area contributed by atoms with Crippen LogP contribution in [0.4, 0.5) is 0 Å². The van der Waals surface area contributed by atoms with E-state index in [1.807, 2.05) is 22.4 Å². The molecule has 0 spiro atoms. The zero-order valence-electron chi connectivity index (χ0n) is 13.1. The Labute approximate surface area is 139 Å². The van der Waals surface area contributed by atoms with Crippen molar-refractivity contribution in [1.82, 2.24) is 9.88 Å². The third kappa shape index (κ3) is 2.63. The molecule has 0 aliphatic carbocycles. The second-order valence-corrected chi connectivity index (χ2v) is 6.87. The van der Waals surface area contributed by atoms with Gasteiger partial charge in [0.2, 0.25) is 0 Å². The molecule has 1 amide bonds. The number of thiophene rings is 1. The molecule has 0 unspecified atom stereocenters. The average Bonchev–Trinajstić information content (AvgIpc) is 3.26. The Balaban J connectivity index is 1.91. The van der Waals surface area contributed by atoms with E-state index in [2.05, 4.69) is 30.5 Å². The van der Waals surface area contributed by atoms with Crippen LogP contribution < -0.4 is 0 Å². The molecule has 23 heavy (non-hydrogen) atoms. The van der Waals surface area contributed by atoms with Crippen LogP contribution in [0.15, 0.2) is 41.1 Å². The van der Waals surface area contributed by atoms with Gasteiger partial charge in [-0.1, -0.05) is 11.6 Å². The van der Waals surface area contributed by atoms with E-state index in [1.54, 1.807) is 11.3 Å². The predicted molar refractivity (Wildman–Crippen MR) is 94.9 cm³/mol. The molecule has 3 heterocycles. The van der Waals surface area contributed by atoms with Gasteiger partial charge in [-0.2, -0.15) is 11.3 Å². The molecule has 1 saturated heterocycles. The maximum absolute atomic E-state index is 13.0. The number of aryl methyl sites for hydroxylation is 1. The second kappa shape index (κ2) is 5.78. The molecule has 4 heteroatoms. The molecular formula is C19H18N2OS. The van der Waals surface area contributed by atoms with Crippen molar-refractivity contribution in [3.8, 4) is 11.3 Å². The molecule has 0 bridgehead atoms. The van der Waals surface area contributed by atoms with Gasteiger partial charge in [0, 0.05) is 29.4 Å². The average molecular weight is 322 g/mol. The van der Waals surface area contributed by atoms with Crippen LogP contribution in [-0.2, 0) is 0 Å². The number of nitrogens with zero attached hydrogens (tertiary/aromatic N) is 2. The molecule has 4 rings (SSSR count). The number of hydrogen-bond acceptors (Lipinski definition) is 3. The molecule has 3 aromatic rings. The van der Waals surface area contributed by atoms with Crippen LogP contribution >= 0.6 is 11.3 Å². The molecule has 1 aliphatic rings. The topological polar surface area (TPSA) is 33.2 Å². The number of hydrogen-bond donors (Lipinski definition) is 0. The number of pyridine rings is 1. The maximum atomic E-state index is 13.0. The van der Waals surface area contributed by atoms with E-state index in [1.165, 1.54) is 0 Å². The van der Waals surface area contributed by atoms with Gasteiger partial charge in [0.25, 0.3) is 5.91 Å². The zero-order valence-corrected chi connectivity index (χ0v) is 13.9. The lowest BCUT2D eigenvalue weighted by Crippen LogP contribution is -2.27. The lowest BCUT2D eigenvalue weighted by molar-refractivity contribution is 0.0794. The number of fused-ring (bicyclic) bond motifs is 1. The molecule has 0 atom stereocenters. The molecule has 0 radical (unpaired) electrons. The van der Waals surface area contributed by atoms with Crippen molar-refractivity contribution in [3.63, 3.8) is 0 Å². The van der Waals surface area contributed by atoms with Crippen LogP contribution in [0.5, 0.6) is 0 Å². The van der Waals surface area contributed by atoms with E-state index < -0.39 is 0 Å². The van der Waals surface area contributed by atoms with Gasteiger partial charge in [0.1, 0.15) is 0 Å². The smallest absolute Gasteiger partial charge is 0.254 e. The fourth-order valence-electron chi connectivity index (χ4n) is 3.17. The summed E-state index contributed by atoms with van der Waals surface area (Å²) in [6.45, 7) is 3.78. The lowest BCUT2D eigenvalue weighted by atomic mass is 10.0. The number of amides is 1. The van der Waals surface area contributed by atoms with E-state index in [-0.39, 0.29) is 5.91 Å². The summed E-state index contributed by atoms with van der Waals surface area (Å²) < 4.78 is 0. The van der Waals surface area contributed by atoms with Gasteiger partial charge in [0.05, 0.1) is 16.8 Å². The first-order valence-electron chi connectivity index (χ1n) is 7.95. The van der Waals surface area contributed by atoms with Crippen LogP contribution in [0, 0.1) is 6.92 Å². The molecule has 0 N–H and O–H groups in total. The highest BCUT2D eigenvalue weighted by Gasteiger charge is 2.22.